The molecular weight excluding hydrogens is 492 g/mol. The predicted molar refractivity (Wildman–Crippen MR) is 138 cm³/mol. The number of ether oxygens (including phenoxy) is 3. The molecule has 10 nitrogen and oxygen atoms in total. The van der Waals surface area contributed by atoms with E-state index < -0.39 is 48.0 Å². The number of nitrogens with one attached hydrogen (secondary N) is 2. The minimum Gasteiger partial charge on any atom is -0.467 e. The molecule has 3 rings (SSSR count). The van der Waals surface area contributed by atoms with Gasteiger partial charge >= 0.3 is 17.9 Å². The number of carbonyl (C=O) groups is 5. The Kier molecular flexibility index (Phi) is 9.53. The van der Waals surface area contributed by atoms with E-state index in [1.165, 1.54) is 0 Å². The van der Waals surface area contributed by atoms with Crippen molar-refractivity contribution >= 4 is 46.2 Å². The van der Waals surface area contributed by atoms with Crippen molar-refractivity contribution in [3.63, 3.8) is 0 Å². The standard InChI is InChI=1S/C28H28N2O8/c1-17(31)37-24(26(33)29-22-14-13-20-11-7-8-12-21(20)16-22)25(38-18(2)32)27(34)30-23(28(35)36-3)15-19-9-5-4-6-10-19/h4-14,16,23-25H,15H2,1-3H3,(H,29,33)(H,30,34)/t23-,24?,25?/m0/s1. The van der Waals surface area contributed by atoms with Crippen LogP contribution in [0.15, 0.2) is 72.8 Å². The number of methoxy groups -OCH3 is 1. The molecule has 10 heteroatoms. The molecule has 2 N–H and O–H groups in total. The van der Waals surface area contributed by atoms with Crippen LogP contribution in [0.2, 0.25) is 0 Å². The van der Waals surface area contributed by atoms with Gasteiger partial charge in [0, 0.05) is 26.0 Å². The molecule has 0 aliphatic carbocycles. The van der Waals surface area contributed by atoms with Gasteiger partial charge in [-0.2, -0.15) is 0 Å². The SMILES string of the molecule is COC(=O)[C@H](Cc1ccccc1)NC(=O)C(OC(C)=O)C(OC(C)=O)C(=O)Nc1ccc2ccccc2c1. The number of rotatable bonds is 10. The van der Waals surface area contributed by atoms with Crippen LogP contribution in [0.25, 0.3) is 10.8 Å². The lowest BCUT2D eigenvalue weighted by Crippen LogP contribution is -2.55. The summed E-state index contributed by atoms with van der Waals surface area (Å²) in [6.45, 7) is 2.08. The Labute approximate surface area is 219 Å². The van der Waals surface area contributed by atoms with Crippen molar-refractivity contribution in [2.75, 3.05) is 12.4 Å². The topological polar surface area (TPSA) is 137 Å². The molecule has 38 heavy (non-hydrogen) atoms. The number of esters is 3. The van der Waals surface area contributed by atoms with Gasteiger partial charge in [0.05, 0.1) is 7.11 Å². The van der Waals surface area contributed by atoms with E-state index in [0.29, 0.717) is 5.69 Å². The number of benzene rings is 3. The molecule has 3 aromatic carbocycles. The molecule has 0 saturated carbocycles. The highest BCUT2D eigenvalue weighted by molar-refractivity contribution is 6.02. The van der Waals surface area contributed by atoms with E-state index in [1.807, 2.05) is 24.3 Å². The molecule has 3 atom stereocenters. The first-order valence-electron chi connectivity index (χ1n) is 11.7. The van der Waals surface area contributed by atoms with E-state index in [1.54, 1.807) is 48.5 Å². The maximum Gasteiger partial charge on any atom is 0.328 e. The van der Waals surface area contributed by atoms with E-state index >= 15 is 0 Å². The van der Waals surface area contributed by atoms with Gasteiger partial charge in [-0.1, -0.05) is 60.7 Å². The van der Waals surface area contributed by atoms with Crippen LogP contribution in [-0.2, 0) is 44.6 Å². The first-order valence-corrected chi connectivity index (χ1v) is 11.7. The molecule has 0 heterocycles. The van der Waals surface area contributed by atoms with Crippen molar-refractivity contribution < 1.29 is 38.2 Å². The zero-order valence-electron chi connectivity index (χ0n) is 21.1. The number of carbonyl (C=O) groups excluding carboxylic acids is 5. The molecule has 0 radical (unpaired) electrons. The number of hydrogen-bond donors (Lipinski definition) is 2. The van der Waals surface area contributed by atoms with Gasteiger partial charge in [-0.3, -0.25) is 19.2 Å². The quantitative estimate of drug-likeness (QED) is 0.307. The lowest BCUT2D eigenvalue weighted by molar-refractivity contribution is -0.173. The smallest absolute Gasteiger partial charge is 0.328 e. The Morgan fingerprint density at radius 2 is 1.32 bits per heavy atom. The highest BCUT2D eigenvalue weighted by Crippen LogP contribution is 2.20. The second-order valence-electron chi connectivity index (χ2n) is 8.39. The summed E-state index contributed by atoms with van der Waals surface area (Å²) in [5.41, 5.74) is 1.09. The highest BCUT2D eigenvalue weighted by atomic mass is 16.6. The fourth-order valence-electron chi connectivity index (χ4n) is 3.78. The predicted octanol–water partition coefficient (Wildman–Crippen LogP) is 2.54. The summed E-state index contributed by atoms with van der Waals surface area (Å²) >= 11 is 0. The van der Waals surface area contributed by atoms with Crippen molar-refractivity contribution in [3.8, 4) is 0 Å². The fourth-order valence-corrected chi connectivity index (χ4v) is 3.78. The van der Waals surface area contributed by atoms with Gasteiger partial charge in [0.25, 0.3) is 11.8 Å². The van der Waals surface area contributed by atoms with E-state index in [9.17, 15) is 24.0 Å². The van der Waals surface area contributed by atoms with Gasteiger partial charge in [0.2, 0.25) is 12.2 Å². The van der Waals surface area contributed by atoms with Crippen LogP contribution in [0, 0.1) is 0 Å². The molecule has 0 aliphatic heterocycles. The maximum atomic E-state index is 13.3. The zero-order chi connectivity index (χ0) is 27.7. The molecule has 0 fully saturated rings. The Balaban J connectivity index is 1.87. The summed E-state index contributed by atoms with van der Waals surface area (Å²) in [7, 11) is 1.16. The maximum absolute atomic E-state index is 13.3. The lowest BCUT2D eigenvalue weighted by atomic mass is 10.0. The van der Waals surface area contributed by atoms with Crippen LogP contribution in [-0.4, -0.2) is 55.1 Å². The Hall–Kier alpha value is -4.73. The normalized spacial score (nSPS) is 12.9. The van der Waals surface area contributed by atoms with Crippen LogP contribution >= 0.6 is 0 Å². The average Bonchev–Trinajstić information content (AvgIpc) is 2.89. The molecular formula is C28H28N2O8. The number of hydrogen-bond acceptors (Lipinski definition) is 8. The van der Waals surface area contributed by atoms with Crippen LogP contribution in [0.4, 0.5) is 5.69 Å². The summed E-state index contributed by atoms with van der Waals surface area (Å²) in [5.74, 6) is -4.48. The number of amides is 2. The van der Waals surface area contributed by atoms with E-state index in [4.69, 9.17) is 14.2 Å². The minimum absolute atomic E-state index is 0.0631. The Morgan fingerprint density at radius 1 is 0.737 bits per heavy atom. The minimum atomic E-state index is -1.89. The van der Waals surface area contributed by atoms with Crippen molar-refractivity contribution in [1.29, 1.82) is 0 Å². The molecule has 0 aliphatic rings. The third-order valence-corrected chi connectivity index (χ3v) is 5.48. The third kappa shape index (κ3) is 7.63. The fraction of sp³-hybridized carbons (Fsp3) is 0.250. The summed E-state index contributed by atoms with van der Waals surface area (Å²) in [6.07, 6.45) is -3.68. The molecule has 0 spiro atoms. The average molecular weight is 521 g/mol. The molecule has 0 saturated heterocycles. The Bertz CT molecular complexity index is 1320. The van der Waals surface area contributed by atoms with E-state index in [-0.39, 0.29) is 6.42 Å². The number of fused-ring (bicyclic) bond motifs is 1. The van der Waals surface area contributed by atoms with Gasteiger partial charge in [-0.25, -0.2) is 4.79 Å². The van der Waals surface area contributed by atoms with Crippen molar-refractivity contribution in [2.45, 2.75) is 38.5 Å². The third-order valence-electron chi connectivity index (χ3n) is 5.48. The monoisotopic (exact) mass is 520 g/mol. The van der Waals surface area contributed by atoms with E-state index in [2.05, 4.69) is 10.6 Å². The molecule has 0 bridgehead atoms. The second kappa shape index (κ2) is 13.0. The van der Waals surface area contributed by atoms with Gasteiger partial charge in [-0.05, 0) is 28.5 Å². The van der Waals surface area contributed by atoms with Crippen LogP contribution < -0.4 is 10.6 Å². The van der Waals surface area contributed by atoms with Crippen LogP contribution in [0.3, 0.4) is 0 Å². The Morgan fingerprint density at radius 3 is 1.92 bits per heavy atom. The van der Waals surface area contributed by atoms with Crippen LogP contribution in [0.5, 0.6) is 0 Å². The zero-order valence-corrected chi connectivity index (χ0v) is 21.1. The largest absolute Gasteiger partial charge is 0.467 e. The molecule has 198 valence electrons. The summed E-state index contributed by atoms with van der Waals surface area (Å²) in [5, 5.41) is 6.83. The molecule has 2 unspecified atom stereocenters. The van der Waals surface area contributed by atoms with Crippen LogP contribution in [0.1, 0.15) is 19.4 Å². The number of anilines is 1. The van der Waals surface area contributed by atoms with Gasteiger partial charge in [0.15, 0.2) is 0 Å². The van der Waals surface area contributed by atoms with Crippen molar-refractivity contribution in [3.05, 3.63) is 78.4 Å². The second-order valence-corrected chi connectivity index (χ2v) is 8.39. The van der Waals surface area contributed by atoms with Crippen molar-refractivity contribution in [1.82, 2.24) is 5.32 Å². The van der Waals surface area contributed by atoms with Gasteiger partial charge in [-0.15, -0.1) is 0 Å². The van der Waals surface area contributed by atoms with Crippen molar-refractivity contribution in [2.24, 2.45) is 0 Å². The first-order chi connectivity index (χ1) is 18.2. The molecule has 2 amide bonds. The van der Waals surface area contributed by atoms with E-state index in [0.717, 1.165) is 37.3 Å². The molecule has 3 aromatic rings. The summed E-state index contributed by atoms with van der Waals surface area (Å²) in [6, 6.07) is 20.2. The first kappa shape index (κ1) is 27.9. The summed E-state index contributed by atoms with van der Waals surface area (Å²) in [4.78, 5) is 62.7. The van der Waals surface area contributed by atoms with Gasteiger partial charge in [0.1, 0.15) is 6.04 Å². The lowest BCUT2D eigenvalue weighted by Gasteiger charge is -2.26. The molecule has 0 aromatic heterocycles. The summed E-state index contributed by atoms with van der Waals surface area (Å²) < 4.78 is 15.1. The van der Waals surface area contributed by atoms with Gasteiger partial charge < -0.3 is 24.8 Å². The highest BCUT2D eigenvalue weighted by Gasteiger charge is 2.41.